The van der Waals surface area contributed by atoms with Gasteiger partial charge in [-0.1, -0.05) is 47.7 Å². The van der Waals surface area contributed by atoms with E-state index < -0.39 is 4.92 Å². The lowest BCUT2D eigenvalue weighted by molar-refractivity contribution is -0.379. The molecule has 0 amide bonds. The van der Waals surface area contributed by atoms with Crippen molar-refractivity contribution in [2.45, 2.75) is 0 Å². The molecule has 0 unspecified atom stereocenters. The first-order chi connectivity index (χ1) is 9.16. The Bertz CT molecular complexity index is 766. The molecule has 19 heavy (non-hydrogen) atoms. The zero-order chi connectivity index (χ0) is 13.4. The maximum atomic E-state index is 10.9. The number of fused-ring (bicyclic) bond motifs is 1. The summed E-state index contributed by atoms with van der Waals surface area (Å²) in [6.07, 6.45) is 0. The first kappa shape index (κ1) is 11.7. The smallest absolute Gasteiger partial charge is 0.348 e. The number of nitro groups is 1. The number of thiophene rings is 1. The first-order valence-electron chi connectivity index (χ1n) is 5.68. The van der Waals surface area contributed by atoms with Gasteiger partial charge in [0.05, 0.1) is 4.92 Å². The van der Waals surface area contributed by atoms with Crippen LogP contribution in [-0.2, 0) is 0 Å². The summed E-state index contributed by atoms with van der Waals surface area (Å²) in [5.41, 5.74) is 8.18. The fourth-order valence-electron chi connectivity index (χ4n) is 2.05. The predicted octanol–water partition coefficient (Wildman–Crippen LogP) is 4.06. The van der Waals surface area contributed by atoms with Gasteiger partial charge in [0.15, 0.2) is 0 Å². The second kappa shape index (κ2) is 4.37. The van der Waals surface area contributed by atoms with Crippen molar-refractivity contribution in [3.05, 3.63) is 58.6 Å². The van der Waals surface area contributed by atoms with Crippen LogP contribution in [0.5, 0.6) is 0 Å². The number of rotatable bonds is 2. The molecule has 3 aromatic rings. The van der Waals surface area contributed by atoms with Gasteiger partial charge in [0.2, 0.25) is 0 Å². The molecule has 94 valence electrons. The van der Waals surface area contributed by atoms with E-state index in [9.17, 15) is 10.1 Å². The summed E-state index contributed by atoms with van der Waals surface area (Å²) in [6.45, 7) is 0. The van der Waals surface area contributed by atoms with Gasteiger partial charge < -0.3 is 5.73 Å². The molecule has 0 aliphatic rings. The van der Waals surface area contributed by atoms with Crippen molar-refractivity contribution in [1.82, 2.24) is 0 Å². The number of hydrogen-bond donors (Lipinski definition) is 1. The molecule has 0 fully saturated rings. The van der Waals surface area contributed by atoms with E-state index in [2.05, 4.69) is 0 Å². The van der Waals surface area contributed by atoms with Gasteiger partial charge in [-0.2, -0.15) is 0 Å². The maximum Gasteiger partial charge on any atom is 0.348 e. The van der Waals surface area contributed by atoms with Crippen LogP contribution in [0, 0.1) is 10.1 Å². The van der Waals surface area contributed by atoms with E-state index in [0.29, 0.717) is 0 Å². The van der Waals surface area contributed by atoms with Gasteiger partial charge in [0.1, 0.15) is 5.69 Å². The van der Waals surface area contributed by atoms with Gasteiger partial charge in [0, 0.05) is 10.1 Å². The molecule has 4 nitrogen and oxygen atoms in total. The number of benzene rings is 2. The van der Waals surface area contributed by atoms with Gasteiger partial charge in [-0.05, 0) is 23.3 Å². The molecule has 1 heterocycles. The van der Waals surface area contributed by atoms with Gasteiger partial charge in [-0.3, -0.25) is 10.1 Å². The molecule has 2 N–H and O–H groups in total. The van der Waals surface area contributed by atoms with E-state index >= 15 is 0 Å². The highest BCUT2D eigenvalue weighted by Crippen LogP contribution is 2.40. The topological polar surface area (TPSA) is 69.2 Å². The van der Waals surface area contributed by atoms with E-state index in [1.807, 2.05) is 48.5 Å². The molecular formula is C14H10N2O2S. The van der Waals surface area contributed by atoms with Crippen molar-refractivity contribution < 1.29 is 4.92 Å². The third-order valence-corrected chi connectivity index (χ3v) is 4.12. The van der Waals surface area contributed by atoms with Crippen molar-refractivity contribution in [3.63, 3.8) is 0 Å². The third kappa shape index (κ3) is 1.94. The normalized spacial score (nSPS) is 10.7. The minimum Gasteiger partial charge on any atom is -0.392 e. The molecule has 3 rings (SSSR count). The van der Waals surface area contributed by atoms with E-state index in [1.165, 1.54) is 0 Å². The lowest BCUT2D eigenvalue weighted by Gasteiger charge is -2.01. The molecule has 0 aliphatic carbocycles. The summed E-state index contributed by atoms with van der Waals surface area (Å²) < 4.78 is 0.837. The Hall–Kier alpha value is -2.40. The van der Waals surface area contributed by atoms with Crippen molar-refractivity contribution in [2.24, 2.45) is 0 Å². The lowest BCUT2D eigenvalue weighted by atomic mass is 10.0. The van der Waals surface area contributed by atoms with Crippen LogP contribution in [-0.4, -0.2) is 4.92 Å². The summed E-state index contributed by atoms with van der Waals surface area (Å²) in [7, 11) is 0. The molecule has 0 atom stereocenters. The number of anilines is 1. The monoisotopic (exact) mass is 270 g/mol. The molecule has 0 saturated heterocycles. The van der Waals surface area contributed by atoms with Crippen LogP contribution in [0.1, 0.15) is 0 Å². The molecule has 0 saturated carbocycles. The summed E-state index contributed by atoms with van der Waals surface area (Å²) in [5, 5.41) is 11.6. The second-order valence-corrected chi connectivity index (χ2v) is 5.19. The summed E-state index contributed by atoms with van der Waals surface area (Å²) in [6, 6.07) is 15.6. The quantitative estimate of drug-likeness (QED) is 0.564. The molecular weight excluding hydrogens is 260 g/mol. The number of nitrogens with zero attached hydrogens (tertiary/aromatic N) is 1. The third-order valence-electron chi connectivity index (χ3n) is 2.98. The van der Waals surface area contributed by atoms with E-state index in [-0.39, 0.29) is 10.7 Å². The molecule has 2 aromatic carbocycles. The SMILES string of the molecule is Nc1c([N+](=O)[O-])sc2ccc(-c3ccccc3)cc12. The first-order valence-corrected chi connectivity index (χ1v) is 6.50. The Morgan fingerprint density at radius 2 is 1.79 bits per heavy atom. The zero-order valence-electron chi connectivity index (χ0n) is 9.87. The van der Waals surface area contributed by atoms with Crippen LogP contribution in [0.4, 0.5) is 10.7 Å². The van der Waals surface area contributed by atoms with E-state index in [4.69, 9.17) is 5.73 Å². The van der Waals surface area contributed by atoms with Crippen LogP contribution in [0.3, 0.4) is 0 Å². The molecule has 0 bridgehead atoms. The van der Waals surface area contributed by atoms with Crippen molar-refractivity contribution in [2.75, 3.05) is 5.73 Å². The highest BCUT2D eigenvalue weighted by Gasteiger charge is 2.19. The molecule has 0 radical (unpaired) electrons. The Kier molecular flexibility index (Phi) is 2.68. The second-order valence-electron chi connectivity index (χ2n) is 4.15. The van der Waals surface area contributed by atoms with Crippen LogP contribution in [0.25, 0.3) is 21.2 Å². The van der Waals surface area contributed by atoms with Gasteiger partial charge in [-0.25, -0.2) is 0 Å². The average molecular weight is 270 g/mol. The highest BCUT2D eigenvalue weighted by molar-refractivity contribution is 7.22. The summed E-state index contributed by atoms with van der Waals surface area (Å²) >= 11 is 1.11. The Labute approximate surface area is 113 Å². The van der Waals surface area contributed by atoms with Gasteiger partial charge >= 0.3 is 5.00 Å². The molecule has 0 aliphatic heterocycles. The van der Waals surface area contributed by atoms with E-state index in [1.54, 1.807) is 0 Å². The van der Waals surface area contributed by atoms with Crippen molar-refractivity contribution in [1.29, 1.82) is 0 Å². The van der Waals surface area contributed by atoms with Crippen LogP contribution < -0.4 is 5.73 Å². The minimum atomic E-state index is -0.428. The molecule has 1 aromatic heterocycles. The number of hydrogen-bond acceptors (Lipinski definition) is 4. The minimum absolute atomic E-state index is 0.0141. The van der Waals surface area contributed by atoms with Gasteiger partial charge in [-0.15, -0.1) is 0 Å². The van der Waals surface area contributed by atoms with Crippen molar-refractivity contribution >= 4 is 32.1 Å². The van der Waals surface area contributed by atoms with E-state index in [0.717, 1.165) is 32.5 Å². The molecule has 0 spiro atoms. The predicted molar refractivity (Wildman–Crippen MR) is 78.3 cm³/mol. The zero-order valence-corrected chi connectivity index (χ0v) is 10.7. The Morgan fingerprint density at radius 1 is 1.05 bits per heavy atom. The lowest BCUT2D eigenvalue weighted by Crippen LogP contribution is -1.90. The van der Waals surface area contributed by atoms with Crippen LogP contribution in [0.2, 0.25) is 0 Å². The number of nitrogen functional groups attached to an aromatic ring is 1. The van der Waals surface area contributed by atoms with Crippen LogP contribution in [0.15, 0.2) is 48.5 Å². The largest absolute Gasteiger partial charge is 0.392 e. The fraction of sp³-hybridized carbons (Fsp3) is 0. The van der Waals surface area contributed by atoms with Crippen LogP contribution >= 0.6 is 11.3 Å². The fourth-order valence-corrected chi connectivity index (χ4v) is 2.97. The highest BCUT2D eigenvalue weighted by atomic mass is 32.1. The standard InChI is InChI=1S/C14H10N2O2S/c15-13-11-8-10(9-4-2-1-3-5-9)6-7-12(11)19-14(13)16(17)18/h1-8H,15H2. The Balaban J connectivity index is 2.21. The number of nitrogens with two attached hydrogens (primary N) is 1. The summed E-state index contributed by atoms with van der Waals surface area (Å²) in [5.74, 6) is 0. The molecule has 5 heteroatoms. The Morgan fingerprint density at radius 3 is 2.47 bits per heavy atom. The maximum absolute atomic E-state index is 10.9. The summed E-state index contributed by atoms with van der Waals surface area (Å²) in [4.78, 5) is 10.5. The average Bonchev–Trinajstić information content (AvgIpc) is 2.77. The van der Waals surface area contributed by atoms with Gasteiger partial charge in [0.25, 0.3) is 0 Å². The van der Waals surface area contributed by atoms with Crippen molar-refractivity contribution in [3.8, 4) is 11.1 Å².